The highest BCUT2D eigenvalue weighted by atomic mass is 32.2. The number of benzene rings is 1. The van der Waals surface area contributed by atoms with Gasteiger partial charge in [0.15, 0.2) is 0 Å². The molecule has 2 nitrogen and oxygen atoms in total. The van der Waals surface area contributed by atoms with Gasteiger partial charge >= 0.3 is 0 Å². The average Bonchev–Trinajstić information content (AvgIpc) is 2.96. The molecule has 1 aliphatic heterocycles. The smallest absolute Gasteiger partial charge is 0.223 e. The summed E-state index contributed by atoms with van der Waals surface area (Å²) >= 11 is 1.89. The molecule has 3 heteroatoms. The molecule has 0 radical (unpaired) electrons. The first kappa shape index (κ1) is 17.4. The number of hydrogen-bond acceptors (Lipinski definition) is 2. The first-order chi connectivity index (χ1) is 10.4. The average molecular weight is 320 g/mol. The molecule has 0 aromatic heterocycles. The van der Waals surface area contributed by atoms with E-state index in [-0.39, 0.29) is 10.8 Å². The van der Waals surface area contributed by atoms with Gasteiger partial charge in [-0.2, -0.15) is 0 Å². The number of nitrogens with zero attached hydrogens (tertiary/aromatic N) is 1. The Kier molecular flexibility index (Phi) is 5.96. The summed E-state index contributed by atoms with van der Waals surface area (Å²) in [5.74, 6) is 1.37. The maximum Gasteiger partial charge on any atom is 0.223 e. The maximum atomic E-state index is 12.4. The van der Waals surface area contributed by atoms with Crippen LogP contribution in [0.5, 0.6) is 0 Å². The van der Waals surface area contributed by atoms with Crippen molar-refractivity contribution in [2.75, 3.05) is 12.3 Å². The largest absolute Gasteiger partial charge is 0.326 e. The first-order valence-electron chi connectivity index (χ1n) is 8.45. The van der Waals surface area contributed by atoms with Crippen LogP contribution in [0, 0.1) is 0 Å². The van der Waals surface area contributed by atoms with Crippen LogP contribution in [0.3, 0.4) is 0 Å². The lowest BCUT2D eigenvalue weighted by Gasteiger charge is -2.25. The van der Waals surface area contributed by atoms with Crippen molar-refractivity contribution in [3.05, 3.63) is 35.4 Å². The van der Waals surface area contributed by atoms with Crippen molar-refractivity contribution in [3.63, 3.8) is 0 Å². The SMILES string of the molecule is CCCCCC(=O)N1CCSC1c1ccc(C(C)(C)C)cc1. The van der Waals surface area contributed by atoms with Gasteiger partial charge in [-0.1, -0.05) is 64.8 Å². The molecular weight excluding hydrogens is 290 g/mol. The zero-order valence-electron chi connectivity index (χ0n) is 14.4. The summed E-state index contributed by atoms with van der Waals surface area (Å²) in [5, 5.41) is 0.211. The van der Waals surface area contributed by atoms with E-state index in [0.717, 1.165) is 25.1 Å². The third-order valence-corrected chi connectivity index (χ3v) is 5.53. The van der Waals surface area contributed by atoms with Crippen molar-refractivity contribution < 1.29 is 4.79 Å². The molecule has 0 aliphatic carbocycles. The number of amides is 1. The summed E-state index contributed by atoms with van der Waals surface area (Å²) in [5.41, 5.74) is 2.79. The highest BCUT2D eigenvalue weighted by molar-refractivity contribution is 7.99. The van der Waals surface area contributed by atoms with Crippen molar-refractivity contribution in [1.29, 1.82) is 0 Å². The number of carbonyl (C=O) groups excluding carboxylic acids is 1. The molecule has 1 heterocycles. The van der Waals surface area contributed by atoms with Crippen LogP contribution in [0.25, 0.3) is 0 Å². The minimum Gasteiger partial charge on any atom is -0.326 e. The van der Waals surface area contributed by atoms with Crippen molar-refractivity contribution >= 4 is 17.7 Å². The highest BCUT2D eigenvalue weighted by Gasteiger charge is 2.30. The monoisotopic (exact) mass is 319 g/mol. The number of rotatable bonds is 5. The van der Waals surface area contributed by atoms with E-state index in [1.54, 1.807) is 0 Å². The summed E-state index contributed by atoms with van der Waals surface area (Å²) < 4.78 is 0. The van der Waals surface area contributed by atoms with Gasteiger partial charge in [-0.15, -0.1) is 11.8 Å². The lowest BCUT2D eigenvalue weighted by Crippen LogP contribution is -2.30. The third kappa shape index (κ3) is 4.28. The second-order valence-corrected chi connectivity index (χ2v) is 8.33. The van der Waals surface area contributed by atoms with Crippen LogP contribution in [0.2, 0.25) is 0 Å². The van der Waals surface area contributed by atoms with Crippen LogP contribution in [0.1, 0.15) is 69.9 Å². The minimum absolute atomic E-state index is 0.178. The summed E-state index contributed by atoms with van der Waals surface area (Å²) in [7, 11) is 0. The Morgan fingerprint density at radius 2 is 1.91 bits per heavy atom. The van der Waals surface area contributed by atoms with Crippen LogP contribution < -0.4 is 0 Å². The van der Waals surface area contributed by atoms with Gasteiger partial charge in [0.2, 0.25) is 5.91 Å². The fraction of sp³-hybridized carbons (Fsp3) is 0.632. The molecule has 2 rings (SSSR count). The van der Waals surface area contributed by atoms with E-state index in [1.165, 1.54) is 17.5 Å². The second kappa shape index (κ2) is 7.54. The maximum absolute atomic E-state index is 12.4. The Bertz CT molecular complexity index is 489. The highest BCUT2D eigenvalue weighted by Crippen LogP contribution is 2.39. The van der Waals surface area contributed by atoms with Gasteiger partial charge in [0, 0.05) is 18.7 Å². The molecular formula is C19H29NOS. The van der Waals surface area contributed by atoms with E-state index in [9.17, 15) is 4.79 Å². The molecule has 1 aromatic carbocycles. The molecule has 0 saturated carbocycles. The van der Waals surface area contributed by atoms with Crippen LogP contribution in [0.4, 0.5) is 0 Å². The van der Waals surface area contributed by atoms with Crippen LogP contribution in [0.15, 0.2) is 24.3 Å². The van der Waals surface area contributed by atoms with Crippen LogP contribution in [-0.2, 0) is 10.2 Å². The lowest BCUT2D eigenvalue weighted by atomic mass is 9.86. The molecule has 1 atom stereocenters. The molecule has 1 fully saturated rings. The summed E-state index contributed by atoms with van der Waals surface area (Å²) in [6.45, 7) is 9.76. The number of unbranched alkanes of at least 4 members (excludes halogenated alkanes) is 2. The van der Waals surface area contributed by atoms with Gasteiger partial charge in [-0.25, -0.2) is 0 Å². The zero-order chi connectivity index (χ0) is 16.2. The van der Waals surface area contributed by atoms with Gasteiger partial charge in [0.1, 0.15) is 5.37 Å². The molecule has 0 N–H and O–H groups in total. The molecule has 1 amide bonds. The number of carbonyl (C=O) groups is 1. The van der Waals surface area contributed by atoms with Gasteiger partial charge < -0.3 is 4.90 Å². The molecule has 1 unspecified atom stereocenters. The Morgan fingerprint density at radius 1 is 1.23 bits per heavy atom. The van der Waals surface area contributed by atoms with Gasteiger partial charge in [-0.05, 0) is 23.0 Å². The molecule has 1 saturated heterocycles. The molecule has 0 spiro atoms. The van der Waals surface area contributed by atoms with E-state index in [1.807, 2.05) is 11.8 Å². The van der Waals surface area contributed by atoms with Crippen LogP contribution >= 0.6 is 11.8 Å². The fourth-order valence-corrected chi connectivity index (χ4v) is 4.10. The lowest BCUT2D eigenvalue weighted by molar-refractivity contribution is -0.131. The van der Waals surface area contributed by atoms with Crippen molar-refractivity contribution in [1.82, 2.24) is 4.90 Å². The first-order valence-corrected chi connectivity index (χ1v) is 9.50. The van der Waals surface area contributed by atoms with Gasteiger partial charge in [0.25, 0.3) is 0 Å². The molecule has 122 valence electrons. The van der Waals surface area contributed by atoms with Crippen molar-refractivity contribution in [3.8, 4) is 0 Å². The molecule has 0 bridgehead atoms. The predicted molar refractivity (Wildman–Crippen MR) is 96.2 cm³/mol. The summed E-state index contributed by atoms with van der Waals surface area (Å²) in [4.78, 5) is 14.5. The summed E-state index contributed by atoms with van der Waals surface area (Å²) in [6, 6.07) is 8.84. The normalized spacial score (nSPS) is 18.7. The van der Waals surface area contributed by atoms with Gasteiger partial charge in [0.05, 0.1) is 0 Å². The van der Waals surface area contributed by atoms with E-state index in [4.69, 9.17) is 0 Å². The molecule has 22 heavy (non-hydrogen) atoms. The van der Waals surface area contributed by atoms with E-state index >= 15 is 0 Å². The topological polar surface area (TPSA) is 20.3 Å². The third-order valence-electron chi connectivity index (χ3n) is 4.27. The standard InChI is InChI=1S/C19H29NOS/c1-5-6-7-8-17(21)20-13-14-22-18(20)15-9-11-16(12-10-15)19(2,3)4/h9-12,18H,5-8,13-14H2,1-4H3. The predicted octanol–water partition coefficient (Wildman–Crippen LogP) is 5.14. The van der Waals surface area contributed by atoms with Crippen molar-refractivity contribution in [2.24, 2.45) is 0 Å². The quantitative estimate of drug-likeness (QED) is 0.700. The molecule has 1 aliphatic rings. The Balaban J connectivity index is 2.05. The van der Waals surface area contributed by atoms with Crippen molar-refractivity contribution in [2.45, 2.75) is 64.2 Å². The number of hydrogen-bond donors (Lipinski definition) is 0. The Labute approximate surface area is 139 Å². The van der Waals surface area contributed by atoms with Gasteiger partial charge in [-0.3, -0.25) is 4.79 Å². The zero-order valence-corrected chi connectivity index (χ0v) is 15.2. The van der Waals surface area contributed by atoms with E-state index in [2.05, 4.69) is 56.9 Å². The summed E-state index contributed by atoms with van der Waals surface area (Å²) in [6.07, 6.45) is 4.04. The Morgan fingerprint density at radius 3 is 2.50 bits per heavy atom. The second-order valence-electron chi connectivity index (χ2n) is 7.14. The number of thioether (sulfide) groups is 1. The van der Waals surface area contributed by atoms with E-state index < -0.39 is 0 Å². The van der Waals surface area contributed by atoms with E-state index in [0.29, 0.717) is 12.3 Å². The molecule has 1 aromatic rings. The van der Waals surface area contributed by atoms with Crippen LogP contribution in [-0.4, -0.2) is 23.1 Å². The Hall–Kier alpha value is -0.960. The fourth-order valence-electron chi connectivity index (χ4n) is 2.82. The minimum atomic E-state index is 0.178.